The van der Waals surface area contributed by atoms with E-state index in [-0.39, 0.29) is 23.0 Å². The standard InChI is InChI=1S/C13H13NO5/c1-8-2-7-11(12(8)15)19-13(16)9-3-5-10(6-4-9)14(17)18/h3-6,8,11H,2,7H2,1H3/t8-,11+/m1/s1. The van der Waals surface area contributed by atoms with Gasteiger partial charge in [-0.15, -0.1) is 0 Å². The van der Waals surface area contributed by atoms with Gasteiger partial charge in [-0.25, -0.2) is 4.79 Å². The molecule has 19 heavy (non-hydrogen) atoms. The maximum Gasteiger partial charge on any atom is 0.338 e. The normalized spacial score (nSPS) is 22.3. The molecule has 100 valence electrons. The molecule has 0 spiro atoms. The molecule has 1 aromatic carbocycles. The van der Waals surface area contributed by atoms with Crippen molar-refractivity contribution in [3.8, 4) is 0 Å². The molecule has 0 saturated heterocycles. The third-order valence-corrected chi connectivity index (χ3v) is 3.23. The molecule has 0 aromatic heterocycles. The number of nitro groups is 1. The molecule has 1 saturated carbocycles. The van der Waals surface area contributed by atoms with E-state index < -0.39 is 17.0 Å². The summed E-state index contributed by atoms with van der Waals surface area (Å²) in [7, 11) is 0. The Morgan fingerprint density at radius 1 is 1.32 bits per heavy atom. The van der Waals surface area contributed by atoms with Crippen LogP contribution in [0.25, 0.3) is 0 Å². The SMILES string of the molecule is C[C@@H]1CC[C@H](OC(=O)c2ccc([N+](=O)[O-])cc2)C1=O. The van der Waals surface area contributed by atoms with Crippen molar-refractivity contribution < 1.29 is 19.2 Å². The lowest BCUT2D eigenvalue weighted by Crippen LogP contribution is -2.24. The van der Waals surface area contributed by atoms with Crippen LogP contribution in [0.2, 0.25) is 0 Å². The fourth-order valence-corrected chi connectivity index (χ4v) is 2.04. The minimum Gasteiger partial charge on any atom is -0.451 e. The maximum atomic E-state index is 11.8. The zero-order valence-corrected chi connectivity index (χ0v) is 10.4. The van der Waals surface area contributed by atoms with Gasteiger partial charge < -0.3 is 4.74 Å². The third kappa shape index (κ3) is 2.78. The van der Waals surface area contributed by atoms with Crippen LogP contribution < -0.4 is 0 Å². The van der Waals surface area contributed by atoms with E-state index in [0.29, 0.717) is 6.42 Å². The number of hydrogen-bond acceptors (Lipinski definition) is 5. The third-order valence-electron chi connectivity index (χ3n) is 3.23. The molecule has 1 aromatic rings. The van der Waals surface area contributed by atoms with E-state index in [1.807, 2.05) is 6.92 Å². The monoisotopic (exact) mass is 263 g/mol. The number of nitro benzene ring substituents is 1. The van der Waals surface area contributed by atoms with Crippen molar-refractivity contribution in [3.63, 3.8) is 0 Å². The number of Topliss-reactive ketones (excluding diaryl/α,β-unsaturated/α-hetero) is 1. The molecular weight excluding hydrogens is 250 g/mol. The number of ether oxygens (including phenoxy) is 1. The first-order chi connectivity index (χ1) is 8.99. The van der Waals surface area contributed by atoms with E-state index in [2.05, 4.69) is 0 Å². The number of esters is 1. The average molecular weight is 263 g/mol. The van der Waals surface area contributed by atoms with Crippen LogP contribution in [0.15, 0.2) is 24.3 Å². The van der Waals surface area contributed by atoms with Gasteiger partial charge in [-0.1, -0.05) is 6.92 Å². The van der Waals surface area contributed by atoms with Crippen molar-refractivity contribution in [2.75, 3.05) is 0 Å². The van der Waals surface area contributed by atoms with Crippen molar-refractivity contribution in [1.29, 1.82) is 0 Å². The molecule has 0 heterocycles. The zero-order chi connectivity index (χ0) is 14.0. The van der Waals surface area contributed by atoms with Crippen molar-refractivity contribution in [3.05, 3.63) is 39.9 Å². The van der Waals surface area contributed by atoms with Crippen LogP contribution in [0.4, 0.5) is 5.69 Å². The molecule has 0 bridgehead atoms. The summed E-state index contributed by atoms with van der Waals surface area (Å²) in [4.78, 5) is 33.4. The predicted octanol–water partition coefficient (Wildman–Crippen LogP) is 2.12. The second-order valence-electron chi connectivity index (χ2n) is 4.58. The van der Waals surface area contributed by atoms with E-state index in [4.69, 9.17) is 4.74 Å². The van der Waals surface area contributed by atoms with Crippen LogP contribution in [-0.4, -0.2) is 22.8 Å². The summed E-state index contributed by atoms with van der Waals surface area (Å²) in [5.74, 6) is -0.757. The summed E-state index contributed by atoms with van der Waals surface area (Å²) < 4.78 is 5.12. The molecule has 2 rings (SSSR count). The molecule has 2 atom stereocenters. The predicted molar refractivity (Wildman–Crippen MR) is 65.7 cm³/mol. The Kier molecular flexibility index (Phi) is 3.59. The first kappa shape index (κ1) is 13.2. The lowest BCUT2D eigenvalue weighted by Gasteiger charge is -2.10. The molecule has 0 aliphatic heterocycles. The summed E-state index contributed by atoms with van der Waals surface area (Å²) in [6.45, 7) is 1.81. The second-order valence-corrected chi connectivity index (χ2v) is 4.58. The van der Waals surface area contributed by atoms with Gasteiger partial charge in [-0.3, -0.25) is 14.9 Å². The van der Waals surface area contributed by atoms with E-state index in [0.717, 1.165) is 6.42 Å². The second kappa shape index (κ2) is 5.17. The Morgan fingerprint density at radius 3 is 2.42 bits per heavy atom. The summed E-state index contributed by atoms with van der Waals surface area (Å²) in [6, 6.07) is 5.11. The van der Waals surface area contributed by atoms with Gasteiger partial charge in [-0.2, -0.15) is 0 Å². The lowest BCUT2D eigenvalue weighted by atomic mass is 10.1. The Labute approximate surface area is 109 Å². The summed E-state index contributed by atoms with van der Waals surface area (Å²) >= 11 is 0. The van der Waals surface area contributed by atoms with Crippen molar-refractivity contribution in [2.45, 2.75) is 25.9 Å². The number of non-ortho nitro benzene ring substituents is 1. The Morgan fingerprint density at radius 2 is 1.95 bits per heavy atom. The molecule has 1 aliphatic carbocycles. The van der Waals surface area contributed by atoms with Crippen LogP contribution in [-0.2, 0) is 9.53 Å². The van der Waals surface area contributed by atoms with Gasteiger partial charge in [0.2, 0.25) is 0 Å². The quantitative estimate of drug-likeness (QED) is 0.473. The van der Waals surface area contributed by atoms with E-state index >= 15 is 0 Å². The van der Waals surface area contributed by atoms with Gasteiger partial charge in [0.05, 0.1) is 10.5 Å². The molecule has 0 amide bonds. The highest BCUT2D eigenvalue weighted by Gasteiger charge is 2.34. The molecular formula is C13H13NO5. The van der Waals surface area contributed by atoms with Crippen LogP contribution in [0, 0.1) is 16.0 Å². The highest BCUT2D eigenvalue weighted by molar-refractivity contribution is 5.94. The van der Waals surface area contributed by atoms with Gasteiger partial charge >= 0.3 is 5.97 Å². The first-order valence-corrected chi connectivity index (χ1v) is 5.98. The Bertz CT molecular complexity index is 522. The molecule has 1 aliphatic rings. The summed E-state index contributed by atoms with van der Waals surface area (Å²) in [5, 5.41) is 10.5. The number of ketones is 1. The number of rotatable bonds is 3. The van der Waals surface area contributed by atoms with Crippen LogP contribution >= 0.6 is 0 Å². The summed E-state index contributed by atoms with van der Waals surface area (Å²) in [6.07, 6.45) is 0.577. The van der Waals surface area contributed by atoms with Crippen LogP contribution in [0.5, 0.6) is 0 Å². The fraction of sp³-hybridized carbons (Fsp3) is 0.385. The topological polar surface area (TPSA) is 86.5 Å². The molecule has 6 heteroatoms. The minimum absolute atomic E-state index is 0.0599. The fourth-order valence-electron chi connectivity index (χ4n) is 2.04. The van der Waals surface area contributed by atoms with Gasteiger partial charge in [0.1, 0.15) is 0 Å². The number of carbonyl (C=O) groups excluding carboxylic acids is 2. The van der Waals surface area contributed by atoms with Crippen molar-refractivity contribution in [2.24, 2.45) is 5.92 Å². The zero-order valence-electron chi connectivity index (χ0n) is 10.4. The van der Waals surface area contributed by atoms with Crippen molar-refractivity contribution in [1.82, 2.24) is 0 Å². The van der Waals surface area contributed by atoms with E-state index in [9.17, 15) is 19.7 Å². The number of carbonyl (C=O) groups is 2. The van der Waals surface area contributed by atoms with Gasteiger partial charge in [-0.05, 0) is 25.0 Å². The Balaban J connectivity index is 2.04. The van der Waals surface area contributed by atoms with E-state index in [1.165, 1.54) is 24.3 Å². The Hall–Kier alpha value is -2.24. The highest BCUT2D eigenvalue weighted by atomic mass is 16.6. The van der Waals surface area contributed by atoms with Crippen molar-refractivity contribution >= 4 is 17.4 Å². The van der Waals surface area contributed by atoms with Gasteiger partial charge in [0.25, 0.3) is 5.69 Å². The number of benzene rings is 1. The maximum absolute atomic E-state index is 11.8. The molecule has 6 nitrogen and oxygen atoms in total. The smallest absolute Gasteiger partial charge is 0.338 e. The van der Waals surface area contributed by atoms with Gasteiger partial charge in [0.15, 0.2) is 11.9 Å². The molecule has 0 N–H and O–H groups in total. The first-order valence-electron chi connectivity index (χ1n) is 5.98. The number of hydrogen-bond donors (Lipinski definition) is 0. The molecule has 0 radical (unpaired) electrons. The number of nitrogens with zero attached hydrogens (tertiary/aromatic N) is 1. The minimum atomic E-state index is -0.683. The molecule has 0 unspecified atom stereocenters. The van der Waals surface area contributed by atoms with Gasteiger partial charge in [0, 0.05) is 18.1 Å². The highest BCUT2D eigenvalue weighted by Crippen LogP contribution is 2.24. The lowest BCUT2D eigenvalue weighted by molar-refractivity contribution is -0.384. The summed E-state index contributed by atoms with van der Waals surface area (Å²) in [5.41, 5.74) is 0.111. The molecule has 1 fully saturated rings. The largest absolute Gasteiger partial charge is 0.451 e. The van der Waals surface area contributed by atoms with E-state index in [1.54, 1.807) is 0 Å². The van der Waals surface area contributed by atoms with Crippen LogP contribution in [0.1, 0.15) is 30.1 Å². The van der Waals surface area contributed by atoms with Crippen LogP contribution in [0.3, 0.4) is 0 Å². The average Bonchev–Trinajstić information content (AvgIpc) is 2.71.